The summed E-state index contributed by atoms with van der Waals surface area (Å²) in [5.41, 5.74) is 1.32. The normalized spacial score (nSPS) is 12.8. The molecule has 168 valence electrons. The Balaban J connectivity index is 1.68. The smallest absolute Gasteiger partial charge is 0.250 e. The van der Waals surface area contributed by atoms with Gasteiger partial charge in [0.25, 0.3) is 0 Å². The third-order valence-electron chi connectivity index (χ3n) is 5.41. The first-order chi connectivity index (χ1) is 14.6. The first-order valence-electron chi connectivity index (χ1n) is 11.4. The summed E-state index contributed by atoms with van der Waals surface area (Å²) in [4.78, 5) is 0. The van der Waals surface area contributed by atoms with E-state index >= 15 is 0 Å². The molecule has 2 aromatic rings. The number of hydrogen-bond acceptors (Lipinski definition) is 4. The van der Waals surface area contributed by atoms with Crippen LogP contribution in [0.5, 0.6) is 0 Å². The van der Waals surface area contributed by atoms with Crippen LogP contribution >= 0.6 is 11.3 Å². The van der Waals surface area contributed by atoms with E-state index in [9.17, 15) is 8.42 Å². The van der Waals surface area contributed by atoms with Crippen LogP contribution in [0.4, 0.5) is 0 Å². The molecule has 0 bridgehead atoms. The SMILES string of the molecule is CCCCCCCC(CCCCNS(=O)(=O)c1cccs1)CNCc1ccccc1. The maximum Gasteiger partial charge on any atom is 0.250 e. The summed E-state index contributed by atoms with van der Waals surface area (Å²) < 4.78 is 27.5. The Morgan fingerprint density at radius 1 is 0.900 bits per heavy atom. The van der Waals surface area contributed by atoms with Gasteiger partial charge < -0.3 is 5.32 Å². The second-order valence-corrected chi connectivity index (χ2v) is 11.0. The largest absolute Gasteiger partial charge is 0.312 e. The van der Waals surface area contributed by atoms with E-state index < -0.39 is 10.0 Å². The highest BCUT2D eigenvalue weighted by molar-refractivity contribution is 7.91. The summed E-state index contributed by atoms with van der Waals surface area (Å²) in [6.45, 7) is 4.71. The van der Waals surface area contributed by atoms with E-state index in [0.717, 1.165) is 32.4 Å². The lowest BCUT2D eigenvalue weighted by molar-refractivity contribution is 0.385. The van der Waals surface area contributed by atoms with Gasteiger partial charge in [0, 0.05) is 13.1 Å². The average Bonchev–Trinajstić information content (AvgIpc) is 3.29. The molecule has 1 aromatic heterocycles. The van der Waals surface area contributed by atoms with Crippen LogP contribution in [-0.4, -0.2) is 21.5 Å². The van der Waals surface area contributed by atoms with Crippen molar-refractivity contribution in [3.8, 4) is 0 Å². The van der Waals surface area contributed by atoms with E-state index in [2.05, 4.69) is 47.3 Å². The number of unbranched alkanes of at least 4 members (excludes halogenated alkanes) is 5. The topological polar surface area (TPSA) is 58.2 Å². The van der Waals surface area contributed by atoms with Crippen LogP contribution in [0.1, 0.15) is 70.3 Å². The number of rotatable bonds is 17. The van der Waals surface area contributed by atoms with E-state index in [1.54, 1.807) is 17.5 Å². The second kappa shape index (κ2) is 14.7. The molecular formula is C24H38N2O2S2. The number of sulfonamides is 1. The molecule has 0 aliphatic carbocycles. The zero-order valence-electron chi connectivity index (χ0n) is 18.3. The second-order valence-electron chi connectivity index (χ2n) is 8.01. The molecule has 0 aliphatic rings. The highest BCUT2D eigenvalue weighted by Gasteiger charge is 2.14. The highest BCUT2D eigenvalue weighted by Crippen LogP contribution is 2.18. The number of hydrogen-bond donors (Lipinski definition) is 2. The van der Waals surface area contributed by atoms with Crippen LogP contribution in [0.25, 0.3) is 0 Å². The summed E-state index contributed by atoms with van der Waals surface area (Å²) in [7, 11) is -3.33. The molecule has 1 aromatic carbocycles. The molecular weight excluding hydrogens is 412 g/mol. The van der Waals surface area contributed by atoms with Gasteiger partial charge in [0.15, 0.2) is 0 Å². The van der Waals surface area contributed by atoms with Crippen molar-refractivity contribution >= 4 is 21.4 Å². The molecule has 4 nitrogen and oxygen atoms in total. The van der Waals surface area contributed by atoms with Crippen molar-refractivity contribution in [1.29, 1.82) is 0 Å². The van der Waals surface area contributed by atoms with Gasteiger partial charge in [-0.2, -0.15) is 0 Å². The molecule has 0 fully saturated rings. The third-order valence-corrected chi connectivity index (χ3v) is 8.27. The van der Waals surface area contributed by atoms with Crippen LogP contribution in [0, 0.1) is 5.92 Å². The van der Waals surface area contributed by atoms with Gasteiger partial charge in [-0.1, -0.05) is 81.8 Å². The maximum absolute atomic E-state index is 12.2. The molecule has 0 saturated heterocycles. The van der Waals surface area contributed by atoms with Gasteiger partial charge in [-0.3, -0.25) is 0 Å². The van der Waals surface area contributed by atoms with Crippen LogP contribution in [-0.2, 0) is 16.6 Å². The lowest BCUT2D eigenvalue weighted by atomic mass is 9.94. The van der Waals surface area contributed by atoms with E-state index in [-0.39, 0.29) is 0 Å². The molecule has 0 aliphatic heterocycles. The summed E-state index contributed by atoms with van der Waals surface area (Å²) in [5.74, 6) is 0.657. The van der Waals surface area contributed by atoms with Crippen molar-refractivity contribution in [3.05, 3.63) is 53.4 Å². The van der Waals surface area contributed by atoms with Crippen molar-refractivity contribution < 1.29 is 8.42 Å². The summed E-state index contributed by atoms with van der Waals surface area (Å²) in [6.07, 6.45) is 10.9. The minimum atomic E-state index is -3.33. The Labute approximate surface area is 187 Å². The molecule has 0 amide bonds. The minimum absolute atomic E-state index is 0.401. The zero-order chi connectivity index (χ0) is 21.5. The summed E-state index contributed by atoms with van der Waals surface area (Å²) >= 11 is 1.26. The highest BCUT2D eigenvalue weighted by atomic mass is 32.2. The van der Waals surface area contributed by atoms with Crippen molar-refractivity contribution in [2.45, 2.75) is 75.5 Å². The van der Waals surface area contributed by atoms with Crippen molar-refractivity contribution in [1.82, 2.24) is 10.0 Å². The number of thiophene rings is 1. The van der Waals surface area contributed by atoms with E-state index in [4.69, 9.17) is 0 Å². The summed E-state index contributed by atoms with van der Waals surface area (Å²) in [6, 6.07) is 14.0. The fourth-order valence-corrected chi connectivity index (χ4v) is 5.77. The minimum Gasteiger partial charge on any atom is -0.312 e. The Morgan fingerprint density at radius 3 is 2.33 bits per heavy atom. The van der Waals surface area contributed by atoms with Crippen LogP contribution in [0.15, 0.2) is 52.1 Å². The predicted octanol–water partition coefficient (Wildman–Crippen LogP) is 5.96. The molecule has 0 spiro atoms. The van der Waals surface area contributed by atoms with E-state index in [1.165, 1.54) is 55.4 Å². The lowest BCUT2D eigenvalue weighted by Gasteiger charge is -2.18. The van der Waals surface area contributed by atoms with Gasteiger partial charge in [-0.05, 0) is 48.7 Å². The molecule has 2 rings (SSSR count). The maximum atomic E-state index is 12.2. The van der Waals surface area contributed by atoms with Crippen LogP contribution < -0.4 is 10.0 Å². The fraction of sp³-hybridized carbons (Fsp3) is 0.583. The Morgan fingerprint density at radius 2 is 1.63 bits per heavy atom. The first kappa shape index (κ1) is 25.1. The molecule has 1 unspecified atom stereocenters. The molecule has 0 saturated carbocycles. The Kier molecular flexibility index (Phi) is 12.3. The molecule has 2 N–H and O–H groups in total. The van der Waals surface area contributed by atoms with Gasteiger partial charge >= 0.3 is 0 Å². The monoisotopic (exact) mass is 450 g/mol. The first-order valence-corrected chi connectivity index (χ1v) is 13.8. The number of benzene rings is 1. The van der Waals surface area contributed by atoms with Crippen molar-refractivity contribution in [3.63, 3.8) is 0 Å². The van der Waals surface area contributed by atoms with Crippen LogP contribution in [0.2, 0.25) is 0 Å². The standard InChI is InChI=1S/C24H38N2O2S2/c1-2-3-4-5-7-13-23(21-25-20-22-14-8-6-9-15-22)16-10-11-18-26-30(27,28)24-17-12-19-29-24/h6,8-9,12,14-15,17,19,23,25-26H,2-5,7,10-11,13,16,18,20-21H2,1H3. The average molecular weight is 451 g/mol. The van der Waals surface area contributed by atoms with Crippen molar-refractivity contribution in [2.75, 3.05) is 13.1 Å². The molecule has 0 radical (unpaired) electrons. The van der Waals surface area contributed by atoms with Crippen molar-refractivity contribution in [2.24, 2.45) is 5.92 Å². The van der Waals surface area contributed by atoms with Gasteiger partial charge in [0.2, 0.25) is 10.0 Å². The zero-order valence-corrected chi connectivity index (χ0v) is 19.9. The van der Waals surface area contributed by atoms with E-state index in [1.807, 2.05) is 0 Å². The molecule has 1 atom stereocenters. The van der Waals surface area contributed by atoms with E-state index in [0.29, 0.717) is 16.7 Å². The lowest BCUT2D eigenvalue weighted by Crippen LogP contribution is -2.25. The molecule has 1 heterocycles. The van der Waals surface area contributed by atoms with Gasteiger partial charge in [0.05, 0.1) is 0 Å². The number of nitrogens with one attached hydrogen (secondary N) is 2. The van der Waals surface area contributed by atoms with Gasteiger partial charge in [-0.25, -0.2) is 13.1 Å². The molecule has 6 heteroatoms. The van der Waals surface area contributed by atoms with Crippen LogP contribution in [0.3, 0.4) is 0 Å². The quantitative estimate of drug-likeness (QED) is 0.292. The molecule has 30 heavy (non-hydrogen) atoms. The Hall–Kier alpha value is -1.21. The van der Waals surface area contributed by atoms with Gasteiger partial charge in [-0.15, -0.1) is 11.3 Å². The Bertz CT molecular complexity index is 762. The van der Waals surface area contributed by atoms with Gasteiger partial charge in [0.1, 0.15) is 4.21 Å². The third kappa shape index (κ3) is 10.2. The summed E-state index contributed by atoms with van der Waals surface area (Å²) in [5, 5.41) is 5.42. The predicted molar refractivity (Wildman–Crippen MR) is 128 cm³/mol. The fourth-order valence-electron chi connectivity index (χ4n) is 3.65.